The molecule has 98 valence electrons. The van der Waals surface area contributed by atoms with E-state index in [0.29, 0.717) is 19.1 Å². The molecule has 0 aliphatic carbocycles. The maximum Gasteiger partial charge on any atom is 0.410 e. The van der Waals surface area contributed by atoms with Crippen LogP contribution in [0.4, 0.5) is 4.79 Å². The Bertz CT molecular complexity index is 301. The highest BCUT2D eigenvalue weighted by atomic mass is 16.6. The van der Waals surface area contributed by atoms with Gasteiger partial charge in [0.05, 0.1) is 0 Å². The number of ether oxygens (including phenoxy) is 1. The normalized spacial score (nSPS) is 26.4. The molecule has 0 aromatic rings. The summed E-state index contributed by atoms with van der Waals surface area (Å²) < 4.78 is 5.32. The number of carbonyl (C=O) groups is 1. The van der Waals surface area contributed by atoms with Crippen LogP contribution in [0.5, 0.6) is 0 Å². The van der Waals surface area contributed by atoms with Crippen molar-refractivity contribution in [3.8, 4) is 0 Å². The lowest BCUT2D eigenvalue weighted by molar-refractivity contribution is -0.0431. The molecule has 2 aliphatic heterocycles. The number of aliphatic hydroxyl groups is 1. The van der Waals surface area contributed by atoms with Gasteiger partial charge in [0.2, 0.25) is 0 Å². The number of nitrogens with zero attached hydrogens (tertiary/aromatic N) is 1. The Morgan fingerprint density at radius 1 is 1.53 bits per heavy atom. The second kappa shape index (κ2) is 4.14. The van der Waals surface area contributed by atoms with Crippen molar-refractivity contribution in [2.24, 2.45) is 5.41 Å². The Labute approximate surface area is 102 Å². The SMILES string of the molecule is CC(C)(C)OC(=O)N1CC(CCO)(C2CN2)C1. The number of nitrogens with one attached hydrogen (secondary N) is 1. The summed E-state index contributed by atoms with van der Waals surface area (Å²) in [6, 6.07) is 0.466. The molecule has 5 nitrogen and oxygen atoms in total. The first kappa shape index (κ1) is 12.6. The topological polar surface area (TPSA) is 71.7 Å². The Morgan fingerprint density at radius 3 is 2.53 bits per heavy atom. The quantitative estimate of drug-likeness (QED) is 0.710. The molecule has 0 spiro atoms. The van der Waals surface area contributed by atoms with Crippen LogP contribution in [0.2, 0.25) is 0 Å². The van der Waals surface area contributed by atoms with E-state index in [2.05, 4.69) is 5.32 Å². The Hall–Kier alpha value is -0.810. The number of likely N-dealkylation sites (tertiary alicyclic amines) is 1. The molecule has 2 rings (SSSR count). The van der Waals surface area contributed by atoms with Gasteiger partial charge in [-0.15, -0.1) is 0 Å². The molecule has 0 saturated carbocycles. The van der Waals surface area contributed by atoms with E-state index < -0.39 is 5.60 Å². The first-order valence-corrected chi connectivity index (χ1v) is 6.18. The van der Waals surface area contributed by atoms with Crippen LogP contribution in [0.1, 0.15) is 27.2 Å². The molecular formula is C12H22N2O3. The summed E-state index contributed by atoms with van der Waals surface area (Å²) in [5.74, 6) is 0. The van der Waals surface area contributed by atoms with Crippen LogP contribution in [-0.4, -0.2) is 54.0 Å². The summed E-state index contributed by atoms with van der Waals surface area (Å²) in [5.41, 5.74) is -0.365. The summed E-state index contributed by atoms with van der Waals surface area (Å²) in [5, 5.41) is 12.4. The second-order valence-electron chi connectivity index (χ2n) is 6.13. The zero-order valence-corrected chi connectivity index (χ0v) is 10.8. The monoisotopic (exact) mass is 242 g/mol. The predicted octanol–water partition coefficient (Wildman–Crippen LogP) is 0.578. The number of hydrogen-bond acceptors (Lipinski definition) is 4. The number of amides is 1. The summed E-state index contributed by atoms with van der Waals surface area (Å²) in [4.78, 5) is 13.5. The van der Waals surface area contributed by atoms with Crippen LogP contribution < -0.4 is 5.32 Å². The van der Waals surface area contributed by atoms with Gasteiger partial charge < -0.3 is 20.1 Å². The van der Waals surface area contributed by atoms with Gasteiger partial charge in [0.1, 0.15) is 5.60 Å². The Morgan fingerprint density at radius 2 is 2.12 bits per heavy atom. The van der Waals surface area contributed by atoms with E-state index in [0.717, 1.165) is 13.0 Å². The van der Waals surface area contributed by atoms with Crippen LogP contribution in [0.25, 0.3) is 0 Å². The van der Waals surface area contributed by atoms with E-state index in [1.807, 2.05) is 20.8 Å². The fraction of sp³-hybridized carbons (Fsp3) is 0.917. The minimum Gasteiger partial charge on any atom is -0.444 e. The van der Waals surface area contributed by atoms with E-state index in [-0.39, 0.29) is 18.1 Å². The van der Waals surface area contributed by atoms with Gasteiger partial charge in [-0.1, -0.05) is 0 Å². The molecule has 2 N–H and O–H groups in total. The lowest BCUT2D eigenvalue weighted by Gasteiger charge is -2.49. The molecule has 2 heterocycles. The molecule has 0 bridgehead atoms. The van der Waals surface area contributed by atoms with Gasteiger partial charge >= 0.3 is 6.09 Å². The van der Waals surface area contributed by atoms with Crippen LogP contribution >= 0.6 is 0 Å². The second-order valence-corrected chi connectivity index (χ2v) is 6.13. The van der Waals surface area contributed by atoms with E-state index >= 15 is 0 Å². The molecule has 2 fully saturated rings. The van der Waals surface area contributed by atoms with Crippen molar-refractivity contribution >= 4 is 6.09 Å². The third kappa shape index (κ3) is 2.72. The fourth-order valence-electron chi connectivity index (χ4n) is 2.44. The first-order chi connectivity index (χ1) is 7.86. The van der Waals surface area contributed by atoms with Crippen LogP contribution in [0.3, 0.4) is 0 Å². The van der Waals surface area contributed by atoms with E-state index in [4.69, 9.17) is 9.84 Å². The van der Waals surface area contributed by atoms with Crippen molar-refractivity contribution in [1.29, 1.82) is 0 Å². The average Bonchev–Trinajstić information content (AvgIpc) is 2.90. The standard InChI is InChI=1S/C12H22N2O3/c1-11(2,3)17-10(16)14-7-12(8-14,4-5-15)9-6-13-9/h9,13,15H,4-8H2,1-3H3. The van der Waals surface area contributed by atoms with Crippen LogP contribution in [-0.2, 0) is 4.74 Å². The largest absolute Gasteiger partial charge is 0.444 e. The first-order valence-electron chi connectivity index (χ1n) is 6.18. The van der Waals surface area contributed by atoms with E-state index in [1.165, 1.54) is 0 Å². The van der Waals surface area contributed by atoms with Gasteiger partial charge in [-0.25, -0.2) is 4.79 Å². The molecule has 0 radical (unpaired) electrons. The van der Waals surface area contributed by atoms with Gasteiger partial charge in [-0.3, -0.25) is 0 Å². The van der Waals surface area contributed by atoms with Gasteiger partial charge in [0, 0.05) is 37.7 Å². The molecule has 1 atom stereocenters. The molecule has 17 heavy (non-hydrogen) atoms. The third-order valence-corrected chi connectivity index (χ3v) is 3.42. The van der Waals surface area contributed by atoms with Crippen LogP contribution in [0.15, 0.2) is 0 Å². The zero-order valence-electron chi connectivity index (χ0n) is 10.8. The van der Waals surface area contributed by atoms with Gasteiger partial charge in [-0.05, 0) is 27.2 Å². The smallest absolute Gasteiger partial charge is 0.410 e. The van der Waals surface area contributed by atoms with Crippen molar-refractivity contribution in [2.45, 2.75) is 38.8 Å². The minimum atomic E-state index is -0.440. The van der Waals surface area contributed by atoms with Crippen LogP contribution in [0, 0.1) is 5.41 Å². The van der Waals surface area contributed by atoms with E-state index in [9.17, 15) is 4.79 Å². The van der Waals surface area contributed by atoms with Gasteiger partial charge in [0.15, 0.2) is 0 Å². The molecule has 0 aromatic carbocycles. The highest BCUT2D eigenvalue weighted by Gasteiger charge is 2.54. The Kier molecular flexibility index (Phi) is 3.08. The molecule has 1 amide bonds. The lowest BCUT2D eigenvalue weighted by atomic mass is 9.74. The summed E-state index contributed by atoms with van der Waals surface area (Å²) >= 11 is 0. The molecule has 0 aromatic heterocycles. The summed E-state index contributed by atoms with van der Waals surface area (Å²) in [7, 11) is 0. The maximum absolute atomic E-state index is 11.8. The highest BCUT2D eigenvalue weighted by molar-refractivity contribution is 5.69. The fourth-order valence-corrected chi connectivity index (χ4v) is 2.44. The number of aliphatic hydroxyl groups excluding tert-OH is 1. The average molecular weight is 242 g/mol. The molecular weight excluding hydrogens is 220 g/mol. The minimum absolute atomic E-state index is 0.0751. The third-order valence-electron chi connectivity index (χ3n) is 3.42. The van der Waals surface area contributed by atoms with Crippen molar-refractivity contribution in [1.82, 2.24) is 10.2 Å². The lowest BCUT2D eigenvalue weighted by Crippen LogP contribution is -2.62. The molecule has 1 unspecified atom stereocenters. The van der Waals surface area contributed by atoms with Crippen molar-refractivity contribution in [3.05, 3.63) is 0 Å². The summed E-state index contributed by atoms with van der Waals surface area (Å²) in [6.45, 7) is 8.18. The zero-order chi connectivity index (χ0) is 12.7. The molecule has 2 aliphatic rings. The van der Waals surface area contributed by atoms with Crippen molar-refractivity contribution in [3.63, 3.8) is 0 Å². The maximum atomic E-state index is 11.8. The predicted molar refractivity (Wildman–Crippen MR) is 63.7 cm³/mol. The highest BCUT2D eigenvalue weighted by Crippen LogP contribution is 2.41. The number of carbonyl (C=O) groups excluding carboxylic acids is 1. The summed E-state index contributed by atoms with van der Waals surface area (Å²) in [6.07, 6.45) is 0.510. The van der Waals surface area contributed by atoms with Crippen molar-refractivity contribution in [2.75, 3.05) is 26.2 Å². The van der Waals surface area contributed by atoms with Crippen molar-refractivity contribution < 1.29 is 14.6 Å². The number of rotatable bonds is 3. The Balaban J connectivity index is 1.86. The van der Waals surface area contributed by atoms with Gasteiger partial charge in [0.25, 0.3) is 0 Å². The number of hydrogen-bond donors (Lipinski definition) is 2. The van der Waals surface area contributed by atoms with E-state index in [1.54, 1.807) is 4.90 Å². The van der Waals surface area contributed by atoms with Gasteiger partial charge in [-0.2, -0.15) is 0 Å². The molecule has 2 saturated heterocycles. The molecule has 5 heteroatoms.